The van der Waals surface area contributed by atoms with Crippen LogP contribution in [-0.2, 0) is 6.54 Å². The van der Waals surface area contributed by atoms with E-state index in [-0.39, 0.29) is 0 Å². The van der Waals surface area contributed by atoms with E-state index in [0.29, 0.717) is 0 Å². The number of nitrogens with one attached hydrogen (secondary N) is 1. The van der Waals surface area contributed by atoms with Gasteiger partial charge >= 0.3 is 0 Å². The number of aromatic nitrogens is 2. The number of aryl methyl sites for hydroxylation is 1. The fraction of sp³-hybridized carbons (Fsp3) is 0.471. The van der Waals surface area contributed by atoms with Crippen molar-refractivity contribution in [2.75, 3.05) is 13.1 Å². The molecular formula is C17H23N3. The summed E-state index contributed by atoms with van der Waals surface area (Å²) in [6.45, 7) is 7.89. The lowest BCUT2D eigenvalue weighted by Gasteiger charge is -2.30. The Morgan fingerprint density at radius 2 is 1.90 bits per heavy atom. The molecule has 3 nitrogen and oxygen atoms in total. The van der Waals surface area contributed by atoms with E-state index in [4.69, 9.17) is 0 Å². The van der Waals surface area contributed by atoms with Crippen molar-refractivity contribution in [1.29, 1.82) is 0 Å². The third-order valence-electron chi connectivity index (χ3n) is 4.33. The highest BCUT2D eigenvalue weighted by Gasteiger charge is 2.17. The van der Waals surface area contributed by atoms with E-state index in [9.17, 15) is 0 Å². The van der Waals surface area contributed by atoms with Gasteiger partial charge in [-0.25, -0.2) is 0 Å². The van der Waals surface area contributed by atoms with Gasteiger partial charge in [-0.3, -0.25) is 10.00 Å². The van der Waals surface area contributed by atoms with Crippen molar-refractivity contribution in [2.45, 2.75) is 33.2 Å². The number of aromatic amines is 1. The Morgan fingerprint density at radius 3 is 2.60 bits per heavy atom. The predicted molar refractivity (Wildman–Crippen MR) is 82.4 cm³/mol. The van der Waals surface area contributed by atoms with Crippen LogP contribution in [0.3, 0.4) is 0 Å². The molecule has 0 bridgehead atoms. The number of hydrogen-bond acceptors (Lipinski definition) is 2. The summed E-state index contributed by atoms with van der Waals surface area (Å²) in [6, 6.07) is 8.65. The molecule has 1 aliphatic rings. The van der Waals surface area contributed by atoms with E-state index < -0.39 is 0 Å². The third-order valence-corrected chi connectivity index (χ3v) is 4.33. The molecule has 1 fully saturated rings. The topological polar surface area (TPSA) is 31.9 Å². The van der Waals surface area contributed by atoms with Crippen LogP contribution in [0, 0.1) is 12.8 Å². The van der Waals surface area contributed by atoms with Gasteiger partial charge in [-0.05, 0) is 44.3 Å². The van der Waals surface area contributed by atoms with Crippen molar-refractivity contribution in [2.24, 2.45) is 5.92 Å². The highest BCUT2D eigenvalue weighted by atomic mass is 15.2. The molecule has 0 radical (unpaired) electrons. The summed E-state index contributed by atoms with van der Waals surface area (Å²) in [6.07, 6.45) is 4.61. The minimum atomic E-state index is 0.882. The number of H-pyrrole nitrogens is 1. The molecule has 20 heavy (non-hydrogen) atoms. The van der Waals surface area contributed by atoms with E-state index in [1.807, 2.05) is 6.20 Å². The maximum absolute atomic E-state index is 4.25. The van der Waals surface area contributed by atoms with E-state index in [1.165, 1.54) is 48.3 Å². The summed E-state index contributed by atoms with van der Waals surface area (Å²) in [5.41, 5.74) is 5.00. The number of nitrogens with zero attached hydrogens (tertiary/aromatic N) is 2. The lowest BCUT2D eigenvalue weighted by atomic mass is 9.98. The lowest BCUT2D eigenvalue weighted by molar-refractivity contribution is 0.185. The van der Waals surface area contributed by atoms with Crippen LogP contribution in [0.15, 0.2) is 30.5 Å². The van der Waals surface area contributed by atoms with Crippen LogP contribution in [-0.4, -0.2) is 28.2 Å². The Bertz CT molecular complexity index is 548. The predicted octanol–water partition coefficient (Wildman–Crippen LogP) is 3.62. The smallest absolute Gasteiger partial charge is 0.0695 e. The van der Waals surface area contributed by atoms with Crippen molar-refractivity contribution in [3.05, 3.63) is 41.6 Å². The first kappa shape index (κ1) is 13.4. The largest absolute Gasteiger partial charge is 0.299 e. The number of likely N-dealkylation sites (tertiary alicyclic amines) is 1. The normalized spacial score (nSPS) is 17.5. The molecule has 1 aromatic heterocycles. The van der Waals surface area contributed by atoms with Gasteiger partial charge in [0.1, 0.15) is 0 Å². The van der Waals surface area contributed by atoms with Gasteiger partial charge in [-0.2, -0.15) is 5.10 Å². The molecule has 2 heterocycles. The van der Waals surface area contributed by atoms with Crippen LogP contribution in [0.5, 0.6) is 0 Å². The summed E-state index contributed by atoms with van der Waals surface area (Å²) >= 11 is 0. The van der Waals surface area contributed by atoms with Gasteiger partial charge in [0, 0.05) is 12.1 Å². The minimum absolute atomic E-state index is 0.882. The molecule has 0 aliphatic carbocycles. The van der Waals surface area contributed by atoms with Crippen LogP contribution in [0.1, 0.15) is 30.9 Å². The van der Waals surface area contributed by atoms with E-state index in [1.54, 1.807) is 0 Å². The molecule has 0 saturated carbocycles. The van der Waals surface area contributed by atoms with E-state index >= 15 is 0 Å². The number of rotatable bonds is 3. The molecule has 2 aromatic rings. The Kier molecular flexibility index (Phi) is 3.88. The Hall–Kier alpha value is -1.61. The molecule has 106 valence electrons. The Morgan fingerprint density at radius 1 is 1.20 bits per heavy atom. The van der Waals surface area contributed by atoms with Gasteiger partial charge in [0.25, 0.3) is 0 Å². The molecule has 0 amide bonds. The number of piperidine rings is 1. The maximum atomic E-state index is 4.25. The second kappa shape index (κ2) is 5.80. The molecule has 0 atom stereocenters. The Balaban J connectivity index is 1.75. The fourth-order valence-corrected chi connectivity index (χ4v) is 2.86. The van der Waals surface area contributed by atoms with Crippen LogP contribution in [0.25, 0.3) is 11.3 Å². The average Bonchev–Trinajstić information content (AvgIpc) is 2.90. The van der Waals surface area contributed by atoms with Crippen LogP contribution < -0.4 is 0 Å². The molecular weight excluding hydrogens is 246 g/mol. The van der Waals surface area contributed by atoms with Crippen LogP contribution in [0.2, 0.25) is 0 Å². The zero-order chi connectivity index (χ0) is 13.9. The van der Waals surface area contributed by atoms with Gasteiger partial charge in [-0.1, -0.05) is 36.8 Å². The standard InChI is InChI=1S/C17H23N3/c1-13-3-5-15(6-4-13)17-16(11-18-19-17)12-20-9-7-14(2)8-10-20/h3-6,11,14H,7-10,12H2,1-2H3,(H,18,19). The second-order valence-electron chi connectivity index (χ2n) is 6.09. The fourth-order valence-electron chi connectivity index (χ4n) is 2.86. The number of hydrogen-bond donors (Lipinski definition) is 1. The minimum Gasteiger partial charge on any atom is -0.299 e. The van der Waals surface area contributed by atoms with Crippen molar-refractivity contribution in [3.63, 3.8) is 0 Å². The molecule has 1 aromatic carbocycles. The Labute approximate surface area is 121 Å². The maximum Gasteiger partial charge on any atom is 0.0695 e. The lowest BCUT2D eigenvalue weighted by Crippen LogP contribution is -2.32. The second-order valence-corrected chi connectivity index (χ2v) is 6.09. The van der Waals surface area contributed by atoms with Gasteiger partial charge in [0.15, 0.2) is 0 Å². The van der Waals surface area contributed by atoms with Gasteiger partial charge in [-0.15, -0.1) is 0 Å². The van der Waals surface area contributed by atoms with Gasteiger partial charge in [0.2, 0.25) is 0 Å². The van der Waals surface area contributed by atoms with Crippen LogP contribution in [0.4, 0.5) is 0 Å². The third kappa shape index (κ3) is 2.93. The highest BCUT2D eigenvalue weighted by molar-refractivity contribution is 5.62. The molecule has 3 heteroatoms. The average molecular weight is 269 g/mol. The first-order valence-corrected chi connectivity index (χ1v) is 7.54. The van der Waals surface area contributed by atoms with Gasteiger partial charge in [0.05, 0.1) is 11.9 Å². The van der Waals surface area contributed by atoms with Crippen molar-refractivity contribution < 1.29 is 0 Å². The zero-order valence-corrected chi connectivity index (χ0v) is 12.4. The highest BCUT2D eigenvalue weighted by Crippen LogP contribution is 2.24. The number of benzene rings is 1. The molecule has 0 unspecified atom stereocenters. The molecule has 3 rings (SSSR count). The SMILES string of the molecule is Cc1ccc(-c2[nH]ncc2CN2CCC(C)CC2)cc1. The van der Waals surface area contributed by atoms with Crippen molar-refractivity contribution in [3.8, 4) is 11.3 Å². The van der Waals surface area contributed by atoms with Crippen molar-refractivity contribution in [1.82, 2.24) is 15.1 Å². The molecule has 1 saturated heterocycles. The summed E-state index contributed by atoms with van der Waals surface area (Å²) in [4.78, 5) is 2.54. The summed E-state index contributed by atoms with van der Waals surface area (Å²) in [5, 5.41) is 7.41. The van der Waals surface area contributed by atoms with E-state index in [0.717, 1.165) is 12.5 Å². The van der Waals surface area contributed by atoms with Gasteiger partial charge < -0.3 is 0 Å². The van der Waals surface area contributed by atoms with E-state index in [2.05, 4.69) is 53.2 Å². The summed E-state index contributed by atoms with van der Waals surface area (Å²) in [7, 11) is 0. The first-order chi connectivity index (χ1) is 9.72. The first-order valence-electron chi connectivity index (χ1n) is 7.54. The molecule has 0 spiro atoms. The summed E-state index contributed by atoms with van der Waals surface area (Å²) < 4.78 is 0. The quantitative estimate of drug-likeness (QED) is 0.923. The monoisotopic (exact) mass is 269 g/mol. The van der Waals surface area contributed by atoms with Crippen LogP contribution >= 0.6 is 0 Å². The molecule has 1 N–H and O–H groups in total. The molecule has 1 aliphatic heterocycles. The summed E-state index contributed by atoms with van der Waals surface area (Å²) in [5.74, 6) is 0.882. The van der Waals surface area contributed by atoms with Crippen molar-refractivity contribution >= 4 is 0 Å². The zero-order valence-electron chi connectivity index (χ0n) is 12.4.